The fourth-order valence-electron chi connectivity index (χ4n) is 4.03. The molecular formula is C30H29F5N6O6. The highest BCUT2D eigenvalue weighted by Crippen LogP contribution is 2.36. The maximum Gasteiger partial charge on any atom is 0.490 e. The number of nitrogens with zero attached hydrogens (tertiary/aromatic N) is 3. The molecule has 0 saturated heterocycles. The number of para-hydroxylation sites is 1. The number of likely N-dealkylation sites (N-methyl/N-ethyl adjacent to an activating group) is 1. The van der Waals surface area contributed by atoms with Gasteiger partial charge in [0.2, 0.25) is 0 Å². The van der Waals surface area contributed by atoms with Crippen LogP contribution in [0, 0.1) is 17.0 Å². The molecule has 12 nitrogen and oxygen atoms in total. The van der Waals surface area contributed by atoms with Gasteiger partial charge in [-0.05, 0) is 30.2 Å². The van der Waals surface area contributed by atoms with Crippen LogP contribution in [-0.4, -0.2) is 76.5 Å². The van der Waals surface area contributed by atoms with Crippen LogP contribution >= 0.6 is 0 Å². The van der Waals surface area contributed by atoms with Crippen LogP contribution in [0.4, 0.5) is 22.0 Å². The summed E-state index contributed by atoms with van der Waals surface area (Å²) in [7, 11) is 4.50. The minimum absolute atomic E-state index is 0.0615. The number of carboxylic acid groups (broad SMARTS) is 1. The van der Waals surface area contributed by atoms with Gasteiger partial charge in [-0.2, -0.15) is 17.9 Å². The number of carbonyl (C=O) groups excluding carboxylic acids is 1. The van der Waals surface area contributed by atoms with E-state index in [-0.39, 0.29) is 46.7 Å². The number of H-pyrrole nitrogens is 1. The molecule has 0 aliphatic carbocycles. The number of carboxylic acids is 1. The van der Waals surface area contributed by atoms with Crippen molar-refractivity contribution in [3.63, 3.8) is 0 Å². The average molecular weight is 665 g/mol. The summed E-state index contributed by atoms with van der Waals surface area (Å²) >= 11 is 0. The summed E-state index contributed by atoms with van der Waals surface area (Å²) in [4.78, 5) is 37.8. The summed E-state index contributed by atoms with van der Waals surface area (Å²) in [5.74, 6) is -5.49. The number of nitrogen functional groups attached to an aromatic ring is 1. The second-order valence-electron chi connectivity index (χ2n) is 9.95. The van der Waals surface area contributed by atoms with Crippen LogP contribution in [0.25, 0.3) is 5.69 Å². The highest BCUT2D eigenvalue weighted by Gasteiger charge is 2.38. The summed E-state index contributed by atoms with van der Waals surface area (Å²) in [5, 5.41) is 19.1. The Morgan fingerprint density at radius 2 is 1.72 bits per heavy atom. The first-order chi connectivity index (χ1) is 22.0. The Morgan fingerprint density at radius 3 is 2.26 bits per heavy atom. The number of rotatable bonds is 10. The van der Waals surface area contributed by atoms with Crippen LogP contribution in [0.1, 0.15) is 28.4 Å². The topological polar surface area (TPSA) is 177 Å². The lowest BCUT2D eigenvalue weighted by molar-refractivity contribution is -0.192. The number of aromatic amines is 1. The lowest BCUT2D eigenvalue weighted by Gasteiger charge is -2.19. The van der Waals surface area contributed by atoms with E-state index in [1.807, 2.05) is 0 Å². The van der Waals surface area contributed by atoms with Gasteiger partial charge in [-0.15, -0.1) is 5.10 Å². The van der Waals surface area contributed by atoms with Gasteiger partial charge < -0.3 is 25.2 Å². The first-order valence-corrected chi connectivity index (χ1v) is 13.4. The SMILES string of the molecule is COc1cc(OCC(=O)N(C)C)c(F)c(C(Cc2ccc(C(=N)N)cc2)c2nn(-c3ccccc3F)c(=O)[nH]2)c1.O=C(O)C(F)(F)F. The number of amides is 1. The van der Waals surface area contributed by atoms with Gasteiger partial charge in [0.1, 0.15) is 28.9 Å². The predicted octanol–water partition coefficient (Wildman–Crippen LogP) is 3.61. The maximum atomic E-state index is 16.0. The number of alkyl halides is 3. The van der Waals surface area contributed by atoms with Gasteiger partial charge in [-0.25, -0.2) is 18.4 Å². The summed E-state index contributed by atoms with van der Waals surface area (Å²) in [5.41, 5.74) is 6.06. The second kappa shape index (κ2) is 15.0. The second-order valence-corrected chi connectivity index (χ2v) is 9.95. The van der Waals surface area contributed by atoms with Crippen molar-refractivity contribution in [1.29, 1.82) is 5.41 Å². The standard InChI is InChI=1S/C28H28F2N6O4.C2HF3O2/c1-35(2)24(37)15-40-23-14-18(39-3)13-19(25(23)30)20(12-16-8-10-17(11-9-16)26(31)32)27-33-28(38)36(34-27)22-7-5-4-6-21(22)29;3-2(4,5)1(6)7/h4-11,13-14,20H,12,15H2,1-3H3,(H3,31,32)(H,33,34,38);(H,6,7). The van der Waals surface area contributed by atoms with Crippen LogP contribution in [0.15, 0.2) is 65.5 Å². The van der Waals surface area contributed by atoms with Crippen molar-refractivity contribution in [2.24, 2.45) is 5.73 Å². The molecule has 1 atom stereocenters. The van der Waals surface area contributed by atoms with E-state index in [2.05, 4.69) is 10.1 Å². The van der Waals surface area contributed by atoms with Gasteiger partial charge in [0.05, 0.1) is 13.0 Å². The molecule has 3 aromatic carbocycles. The number of aliphatic carboxylic acids is 1. The normalized spacial score (nSPS) is 11.6. The summed E-state index contributed by atoms with van der Waals surface area (Å²) in [6.45, 7) is -0.410. The molecule has 0 bridgehead atoms. The van der Waals surface area contributed by atoms with Gasteiger partial charge in [0.15, 0.2) is 18.2 Å². The monoisotopic (exact) mass is 664 g/mol. The molecule has 17 heteroatoms. The molecule has 1 amide bonds. The molecule has 1 unspecified atom stereocenters. The fraction of sp³-hybridized carbons (Fsp3) is 0.233. The highest BCUT2D eigenvalue weighted by molar-refractivity contribution is 5.94. The minimum Gasteiger partial charge on any atom is -0.497 e. The van der Waals surface area contributed by atoms with Crippen LogP contribution in [0.3, 0.4) is 0 Å². The fourth-order valence-corrected chi connectivity index (χ4v) is 4.03. The van der Waals surface area contributed by atoms with Crippen molar-refractivity contribution in [1.82, 2.24) is 19.7 Å². The Balaban J connectivity index is 0.000000771. The van der Waals surface area contributed by atoms with Gasteiger partial charge in [-0.1, -0.05) is 36.4 Å². The maximum absolute atomic E-state index is 16.0. The quantitative estimate of drug-likeness (QED) is 0.113. The lowest BCUT2D eigenvalue weighted by Crippen LogP contribution is -2.27. The van der Waals surface area contributed by atoms with Gasteiger partial charge in [-0.3, -0.25) is 15.2 Å². The van der Waals surface area contributed by atoms with Crippen molar-refractivity contribution in [2.45, 2.75) is 18.5 Å². The van der Waals surface area contributed by atoms with E-state index in [4.69, 9.17) is 30.5 Å². The van der Waals surface area contributed by atoms with Crippen molar-refractivity contribution in [2.75, 3.05) is 27.8 Å². The molecule has 4 aromatic rings. The van der Waals surface area contributed by atoms with Crippen molar-refractivity contribution in [3.8, 4) is 17.2 Å². The van der Waals surface area contributed by atoms with E-state index < -0.39 is 42.0 Å². The summed E-state index contributed by atoms with van der Waals surface area (Å²) < 4.78 is 74.0. The minimum atomic E-state index is -5.08. The number of amidine groups is 1. The van der Waals surface area contributed by atoms with Crippen molar-refractivity contribution >= 4 is 17.7 Å². The zero-order valence-corrected chi connectivity index (χ0v) is 25.1. The highest BCUT2D eigenvalue weighted by atomic mass is 19.4. The van der Waals surface area contributed by atoms with Crippen LogP contribution in [0.5, 0.6) is 11.5 Å². The van der Waals surface area contributed by atoms with E-state index in [1.165, 1.54) is 42.3 Å². The average Bonchev–Trinajstić information content (AvgIpc) is 3.40. The zero-order valence-electron chi connectivity index (χ0n) is 25.1. The molecule has 47 heavy (non-hydrogen) atoms. The first kappa shape index (κ1) is 35.7. The Morgan fingerprint density at radius 1 is 1.11 bits per heavy atom. The molecule has 0 saturated carbocycles. The molecule has 0 fully saturated rings. The molecular weight excluding hydrogens is 635 g/mol. The Bertz CT molecular complexity index is 1800. The molecule has 250 valence electrons. The molecule has 1 heterocycles. The van der Waals surface area contributed by atoms with Crippen molar-refractivity contribution in [3.05, 3.63) is 105 Å². The Labute approximate surface area is 263 Å². The lowest BCUT2D eigenvalue weighted by atomic mass is 9.90. The third-order valence-corrected chi connectivity index (χ3v) is 6.50. The summed E-state index contributed by atoms with van der Waals surface area (Å²) in [6.07, 6.45) is -4.94. The molecule has 0 radical (unpaired) electrons. The molecule has 4 rings (SSSR count). The number of benzene rings is 3. The molecule has 0 aliphatic heterocycles. The summed E-state index contributed by atoms with van der Waals surface area (Å²) in [6, 6.07) is 15.2. The third kappa shape index (κ3) is 9.15. The van der Waals surface area contributed by atoms with Crippen LogP contribution < -0.4 is 20.9 Å². The molecule has 5 N–H and O–H groups in total. The number of methoxy groups -OCH3 is 1. The molecule has 1 aromatic heterocycles. The van der Waals surface area contributed by atoms with E-state index in [0.29, 0.717) is 11.1 Å². The first-order valence-electron chi connectivity index (χ1n) is 13.4. The number of nitrogens with two attached hydrogens (primary N) is 1. The van der Waals surface area contributed by atoms with Crippen LogP contribution in [-0.2, 0) is 16.0 Å². The van der Waals surface area contributed by atoms with E-state index >= 15 is 4.39 Å². The largest absolute Gasteiger partial charge is 0.497 e. The smallest absolute Gasteiger partial charge is 0.490 e. The number of nitrogens with one attached hydrogen (secondary N) is 2. The van der Waals surface area contributed by atoms with E-state index in [1.54, 1.807) is 44.4 Å². The van der Waals surface area contributed by atoms with Gasteiger partial charge in [0, 0.05) is 31.3 Å². The Hall–Kier alpha value is -5.74. The number of hydrogen-bond donors (Lipinski definition) is 4. The number of halogens is 5. The molecule has 0 spiro atoms. The van der Waals surface area contributed by atoms with Crippen molar-refractivity contribution < 1.29 is 46.1 Å². The van der Waals surface area contributed by atoms with E-state index in [0.717, 1.165) is 4.68 Å². The number of hydrogen-bond acceptors (Lipinski definition) is 7. The molecule has 0 aliphatic rings. The Kier molecular flexibility index (Phi) is 11.4. The van der Waals surface area contributed by atoms with E-state index in [9.17, 15) is 27.2 Å². The number of carbonyl (C=O) groups is 2. The van der Waals surface area contributed by atoms with Gasteiger partial charge in [0.25, 0.3) is 5.91 Å². The zero-order chi connectivity index (χ0) is 35.1. The predicted molar refractivity (Wildman–Crippen MR) is 158 cm³/mol. The number of ether oxygens (including phenoxy) is 2. The number of aromatic nitrogens is 3. The van der Waals surface area contributed by atoms with Crippen LogP contribution in [0.2, 0.25) is 0 Å². The van der Waals surface area contributed by atoms with Gasteiger partial charge >= 0.3 is 17.8 Å². The third-order valence-electron chi connectivity index (χ3n) is 6.50.